The number of pyridine rings is 2. The van der Waals surface area contributed by atoms with Crippen molar-refractivity contribution in [3.8, 4) is 23.6 Å². The maximum absolute atomic E-state index is 5.79. The van der Waals surface area contributed by atoms with E-state index in [9.17, 15) is 0 Å². The molecule has 5 rings (SSSR count). The average molecular weight is 486 g/mol. The van der Waals surface area contributed by atoms with E-state index in [4.69, 9.17) is 11.2 Å². The van der Waals surface area contributed by atoms with Crippen LogP contribution in [0.25, 0.3) is 11.3 Å². The smallest absolute Gasteiger partial charge is 0.227 e. The summed E-state index contributed by atoms with van der Waals surface area (Å²) in [4.78, 5) is 22.7. The van der Waals surface area contributed by atoms with E-state index >= 15 is 0 Å². The molecule has 36 heavy (non-hydrogen) atoms. The van der Waals surface area contributed by atoms with E-state index < -0.39 is 0 Å². The number of unbranched alkanes of at least 4 members (excludes halogenated alkanes) is 1. The topological polar surface area (TPSA) is 79.3 Å². The van der Waals surface area contributed by atoms with Gasteiger partial charge in [-0.25, -0.2) is 19.9 Å². The van der Waals surface area contributed by atoms with E-state index in [1.807, 2.05) is 30.5 Å². The Kier molecular flexibility index (Phi) is 9.06. The lowest BCUT2D eigenvalue weighted by atomic mass is 10.1. The molecule has 2 fully saturated rings. The second-order valence-electron chi connectivity index (χ2n) is 8.83. The third-order valence-electron chi connectivity index (χ3n) is 6.22. The van der Waals surface area contributed by atoms with Gasteiger partial charge >= 0.3 is 0 Å². The van der Waals surface area contributed by atoms with Crippen LogP contribution in [0.3, 0.4) is 0 Å². The van der Waals surface area contributed by atoms with Gasteiger partial charge in [-0.15, -0.1) is 6.42 Å². The number of anilines is 4. The van der Waals surface area contributed by atoms with E-state index in [-0.39, 0.29) is 0 Å². The van der Waals surface area contributed by atoms with Gasteiger partial charge in [-0.3, -0.25) is 0 Å². The van der Waals surface area contributed by atoms with Crippen molar-refractivity contribution >= 4 is 23.3 Å². The van der Waals surface area contributed by atoms with Crippen LogP contribution >= 0.6 is 0 Å². The molecule has 0 atom stereocenters. The largest absolute Gasteiger partial charge is 0.378 e. The van der Waals surface area contributed by atoms with Crippen LogP contribution in [0.4, 0.5) is 23.3 Å². The van der Waals surface area contributed by atoms with Crippen molar-refractivity contribution in [3.05, 3.63) is 48.4 Å². The van der Waals surface area contributed by atoms with Gasteiger partial charge < -0.3 is 19.9 Å². The Hall–Kier alpha value is -3.70. The lowest BCUT2D eigenvalue weighted by Gasteiger charge is -2.28. The molecule has 0 saturated carbocycles. The molecule has 3 aromatic heterocycles. The molecule has 188 valence electrons. The summed E-state index contributed by atoms with van der Waals surface area (Å²) < 4.78 is 5.43. The molecule has 0 amide bonds. The van der Waals surface area contributed by atoms with Gasteiger partial charge in [-0.1, -0.05) is 32.6 Å². The van der Waals surface area contributed by atoms with E-state index in [0.29, 0.717) is 19.2 Å². The number of nitrogens with one attached hydrogen (secondary N) is 1. The quantitative estimate of drug-likeness (QED) is 0.494. The molecule has 0 radical (unpaired) electrons. The summed E-state index contributed by atoms with van der Waals surface area (Å²) in [6.45, 7) is 9.46. The van der Waals surface area contributed by atoms with Crippen molar-refractivity contribution in [1.29, 1.82) is 0 Å². The highest BCUT2D eigenvalue weighted by Gasteiger charge is 2.18. The Morgan fingerprint density at radius 2 is 1.69 bits per heavy atom. The monoisotopic (exact) mass is 485 g/mol. The first-order valence-electron chi connectivity index (χ1n) is 12.8. The fraction of sp³-hybridized carbons (Fsp3) is 0.429. The SMILES string of the molecule is C#Cc1cc(-c2ccnc(Nc3ccnc(N4CCOCC4)c3)n2)cnc1N1CCCC1.CCCC. The fourth-order valence-corrected chi connectivity index (χ4v) is 4.06. The van der Waals surface area contributed by atoms with Crippen LogP contribution in [0.5, 0.6) is 0 Å². The van der Waals surface area contributed by atoms with Crippen LogP contribution in [-0.2, 0) is 4.74 Å². The van der Waals surface area contributed by atoms with E-state index in [1.165, 1.54) is 25.7 Å². The van der Waals surface area contributed by atoms with Crippen molar-refractivity contribution in [1.82, 2.24) is 19.9 Å². The summed E-state index contributed by atoms with van der Waals surface area (Å²) in [5, 5.41) is 3.29. The molecule has 3 aromatic rings. The Morgan fingerprint density at radius 1 is 0.944 bits per heavy atom. The van der Waals surface area contributed by atoms with Gasteiger partial charge in [-0.2, -0.15) is 0 Å². The van der Waals surface area contributed by atoms with Crippen LogP contribution in [0.15, 0.2) is 42.9 Å². The second-order valence-corrected chi connectivity index (χ2v) is 8.83. The molecular formula is C28H35N7O. The minimum atomic E-state index is 0.507. The molecule has 8 nitrogen and oxygen atoms in total. The maximum Gasteiger partial charge on any atom is 0.227 e. The first-order chi connectivity index (χ1) is 17.7. The van der Waals surface area contributed by atoms with E-state index in [0.717, 1.165) is 60.3 Å². The van der Waals surface area contributed by atoms with Crippen molar-refractivity contribution < 1.29 is 4.74 Å². The number of aromatic nitrogens is 4. The van der Waals surface area contributed by atoms with Crippen LogP contribution in [0.1, 0.15) is 45.1 Å². The van der Waals surface area contributed by atoms with Crippen molar-refractivity contribution in [2.45, 2.75) is 39.5 Å². The van der Waals surface area contributed by atoms with Gasteiger partial charge in [0, 0.05) is 62.1 Å². The van der Waals surface area contributed by atoms with Gasteiger partial charge in [0.15, 0.2) is 0 Å². The van der Waals surface area contributed by atoms with Gasteiger partial charge in [0.25, 0.3) is 0 Å². The van der Waals surface area contributed by atoms with Crippen molar-refractivity contribution in [2.75, 3.05) is 54.5 Å². The molecular weight excluding hydrogens is 450 g/mol. The zero-order chi connectivity index (χ0) is 25.2. The highest BCUT2D eigenvalue weighted by atomic mass is 16.5. The third-order valence-corrected chi connectivity index (χ3v) is 6.22. The summed E-state index contributed by atoms with van der Waals surface area (Å²) >= 11 is 0. The molecule has 2 aliphatic heterocycles. The molecule has 0 bridgehead atoms. The molecule has 2 saturated heterocycles. The Bertz CT molecular complexity index is 1160. The minimum absolute atomic E-state index is 0.507. The van der Waals surface area contributed by atoms with Crippen molar-refractivity contribution in [2.24, 2.45) is 0 Å². The molecule has 0 spiro atoms. The highest BCUT2D eigenvalue weighted by molar-refractivity contribution is 5.68. The first-order valence-corrected chi connectivity index (χ1v) is 12.8. The van der Waals surface area contributed by atoms with Gasteiger partial charge in [0.1, 0.15) is 11.6 Å². The van der Waals surface area contributed by atoms with E-state index in [2.05, 4.69) is 54.8 Å². The predicted molar refractivity (Wildman–Crippen MR) is 146 cm³/mol. The number of ether oxygens (including phenoxy) is 1. The predicted octanol–water partition coefficient (Wildman–Crippen LogP) is 4.90. The number of hydrogen-bond acceptors (Lipinski definition) is 8. The normalized spacial score (nSPS) is 15.1. The summed E-state index contributed by atoms with van der Waals surface area (Å²) in [7, 11) is 0. The van der Waals surface area contributed by atoms with Crippen LogP contribution in [0, 0.1) is 12.3 Å². The molecule has 0 aromatic carbocycles. The highest BCUT2D eigenvalue weighted by Crippen LogP contribution is 2.27. The molecule has 2 aliphatic rings. The van der Waals surface area contributed by atoms with Crippen LogP contribution < -0.4 is 15.1 Å². The first kappa shape index (κ1) is 25.4. The summed E-state index contributed by atoms with van der Waals surface area (Å²) in [5.41, 5.74) is 3.31. The lowest BCUT2D eigenvalue weighted by molar-refractivity contribution is 0.122. The average Bonchev–Trinajstić information content (AvgIpc) is 3.48. The summed E-state index contributed by atoms with van der Waals surface area (Å²) in [6.07, 6.45) is 16.1. The molecule has 1 N–H and O–H groups in total. The number of terminal acetylenes is 1. The Morgan fingerprint density at radius 3 is 2.42 bits per heavy atom. The molecule has 0 unspecified atom stereocenters. The number of nitrogens with zero attached hydrogens (tertiary/aromatic N) is 6. The number of morpholine rings is 1. The fourth-order valence-electron chi connectivity index (χ4n) is 4.06. The molecule has 0 aliphatic carbocycles. The van der Waals surface area contributed by atoms with Crippen LogP contribution in [0.2, 0.25) is 0 Å². The standard InChI is InChI=1S/C24H25N7O.C4H10/c1-2-18-15-19(17-27-23(18)31-9-3-4-10-31)21-6-8-26-24(29-21)28-20-5-7-25-22(16-20)30-11-13-32-14-12-30;1-3-4-2/h1,5-8,15-17H,3-4,9-14H2,(H,25,26,28,29);3-4H2,1-2H3. The zero-order valence-corrected chi connectivity index (χ0v) is 21.3. The lowest BCUT2D eigenvalue weighted by Crippen LogP contribution is -2.36. The van der Waals surface area contributed by atoms with Gasteiger partial charge in [-0.05, 0) is 31.0 Å². The minimum Gasteiger partial charge on any atom is -0.378 e. The molecule has 5 heterocycles. The van der Waals surface area contributed by atoms with Crippen molar-refractivity contribution in [3.63, 3.8) is 0 Å². The maximum atomic E-state index is 5.79. The molecule has 8 heteroatoms. The Balaban J connectivity index is 0.000000709. The number of rotatable bonds is 6. The third kappa shape index (κ3) is 6.49. The summed E-state index contributed by atoms with van der Waals surface area (Å²) in [5.74, 6) is 5.09. The number of hydrogen-bond donors (Lipinski definition) is 1. The van der Waals surface area contributed by atoms with Crippen LogP contribution in [-0.4, -0.2) is 59.3 Å². The second kappa shape index (κ2) is 12.8. The van der Waals surface area contributed by atoms with Gasteiger partial charge in [0.05, 0.1) is 24.5 Å². The Labute approximate surface area is 214 Å². The zero-order valence-electron chi connectivity index (χ0n) is 21.3. The van der Waals surface area contributed by atoms with E-state index in [1.54, 1.807) is 12.4 Å². The van der Waals surface area contributed by atoms with Gasteiger partial charge in [0.2, 0.25) is 5.95 Å². The summed E-state index contributed by atoms with van der Waals surface area (Å²) in [6, 6.07) is 7.76.